The van der Waals surface area contributed by atoms with Crippen LogP contribution in [0.1, 0.15) is 0 Å². The van der Waals surface area contributed by atoms with Gasteiger partial charge in [-0.25, -0.2) is 0 Å². The third-order valence-electron chi connectivity index (χ3n) is 14.0. The van der Waals surface area contributed by atoms with Gasteiger partial charge in [0.1, 0.15) is 0 Å². The summed E-state index contributed by atoms with van der Waals surface area (Å²) in [5, 5.41) is 7.45. The Hall–Kier alpha value is -9.24. The number of fused-ring (bicyclic) bond motifs is 5. The average molecular weight is 891 g/mol. The highest BCUT2D eigenvalue weighted by atomic mass is 15.1. The molecule has 0 N–H and O–H groups in total. The third kappa shape index (κ3) is 7.22. The lowest BCUT2D eigenvalue weighted by atomic mass is 9.86. The van der Waals surface area contributed by atoms with Crippen LogP contribution in [-0.2, 0) is 0 Å². The number of anilines is 3. The molecule has 0 aliphatic rings. The zero-order valence-electron chi connectivity index (χ0n) is 38.5. The SMILES string of the molecule is c1ccc(-c2cccc(-c3ccc4c(c3)c3cc(-c5ccc(N(c6ccccc6)c6ccccc6)cc5)ccc3n4-c3ccc(-c4c5ccccc5c(-c5ccccc5)c5ccccc45)cc3)c2)cc1. The highest BCUT2D eigenvalue weighted by Crippen LogP contribution is 2.45. The van der Waals surface area contributed by atoms with Crippen LogP contribution in [0.2, 0.25) is 0 Å². The van der Waals surface area contributed by atoms with E-state index in [1.54, 1.807) is 0 Å². The maximum atomic E-state index is 2.44. The molecule has 0 fully saturated rings. The predicted molar refractivity (Wildman–Crippen MR) is 298 cm³/mol. The summed E-state index contributed by atoms with van der Waals surface area (Å²) in [6.45, 7) is 0. The second kappa shape index (κ2) is 17.4. The smallest absolute Gasteiger partial charge is 0.0541 e. The highest BCUT2D eigenvalue weighted by Gasteiger charge is 2.19. The number of rotatable bonds is 9. The van der Waals surface area contributed by atoms with E-state index in [1.807, 2.05) is 0 Å². The van der Waals surface area contributed by atoms with Gasteiger partial charge in [-0.1, -0.05) is 200 Å². The van der Waals surface area contributed by atoms with E-state index in [4.69, 9.17) is 0 Å². The van der Waals surface area contributed by atoms with Crippen LogP contribution in [0.3, 0.4) is 0 Å². The van der Waals surface area contributed by atoms with Crippen molar-refractivity contribution in [2.75, 3.05) is 4.90 Å². The number of nitrogens with zero attached hydrogens (tertiary/aromatic N) is 2. The summed E-state index contributed by atoms with van der Waals surface area (Å²) in [6.07, 6.45) is 0. The van der Waals surface area contributed by atoms with Gasteiger partial charge in [-0.2, -0.15) is 0 Å². The van der Waals surface area contributed by atoms with Crippen molar-refractivity contribution in [3.8, 4) is 61.3 Å². The molecule has 13 rings (SSSR count). The Morgan fingerprint density at radius 3 is 1.04 bits per heavy atom. The number of hydrogen-bond donors (Lipinski definition) is 0. The molecule has 0 unspecified atom stereocenters. The molecule has 2 nitrogen and oxygen atoms in total. The molecule has 328 valence electrons. The number of benzene rings is 12. The van der Waals surface area contributed by atoms with Gasteiger partial charge in [0.15, 0.2) is 0 Å². The molecule has 0 spiro atoms. The molecule has 2 heteroatoms. The van der Waals surface area contributed by atoms with Gasteiger partial charge in [0, 0.05) is 33.5 Å². The van der Waals surface area contributed by atoms with Crippen LogP contribution in [0.25, 0.3) is 105 Å². The lowest BCUT2D eigenvalue weighted by Crippen LogP contribution is -2.09. The van der Waals surface area contributed by atoms with Crippen LogP contribution in [0, 0.1) is 0 Å². The molecule has 0 radical (unpaired) electrons. The fourth-order valence-corrected chi connectivity index (χ4v) is 10.7. The third-order valence-corrected chi connectivity index (χ3v) is 14.0. The number of aromatic nitrogens is 1. The van der Waals surface area contributed by atoms with E-state index in [0.29, 0.717) is 0 Å². The summed E-state index contributed by atoms with van der Waals surface area (Å²) in [4.78, 5) is 2.31. The van der Waals surface area contributed by atoms with E-state index in [9.17, 15) is 0 Å². The van der Waals surface area contributed by atoms with Gasteiger partial charge in [-0.3, -0.25) is 0 Å². The second-order valence-electron chi connectivity index (χ2n) is 18.1. The molecule has 1 heterocycles. The quantitative estimate of drug-likeness (QED) is 0.131. The number of para-hydroxylation sites is 2. The summed E-state index contributed by atoms with van der Waals surface area (Å²) in [7, 11) is 0. The molecule has 0 saturated heterocycles. The van der Waals surface area contributed by atoms with Crippen molar-refractivity contribution in [2.24, 2.45) is 0 Å². The molecular formula is C68H46N2. The van der Waals surface area contributed by atoms with Gasteiger partial charge in [0.25, 0.3) is 0 Å². The Balaban J connectivity index is 0.948. The van der Waals surface area contributed by atoms with Gasteiger partial charge in [0.2, 0.25) is 0 Å². The topological polar surface area (TPSA) is 8.17 Å². The minimum absolute atomic E-state index is 1.11. The average Bonchev–Trinajstić information content (AvgIpc) is 3.77. The van der Waals surface area contributed by atoms with E-state index in [2.05, 4.69) is 289 Å². The van der Waals surface area contributed by atoms with Crippen LogP contribution in [0.15, 0.2) is 279 Å². The van der Waals surface area contributed by atoms with Gasteiger partial charge >= 0.3 is 0 Å². The van der Waals surface area contributed by atoms with Gasteiger partial charge in [-0.05, 0) is 156 Å². The lowest BCUT2D eigenvalue weighted by molar-refractivity contribution is 1.18. The summed E-state index contributed by atoms with van der Waals surface area (Å²) in [5.74, 6) is 0. The van der Waals surface area contributed by atoms with Crippen molar-refractivity contribution in [1.29, 1.82) is 0 Å². The Morgan fingerprint density at radius 1 is 0.214 bits per heavy atom. The fraction of sp³-hybridized carbons (Fsp3) is 0. The lowest BCUT2D eigenvalue weighted by Gasteiger charge is -2.25. The van der Waals surface area contributed by atoms with Crippen molar-refractivity contribution in [3.63, 3.8) is 0 Å². The van der Waals surface area contributed by atoms with E-state index in [0.717, 1.165) is 22.7 Å². The number of hydrogen-bond acceptors (Lipinski definition) is 1. The van der Waals surface area contributed by atoms with Crippen LogP contribution >= 0.6 is 0 Å². The van der Waals surface area contributed by atoms with Crippen LogP contribution in [-0.4, -0.2) is 4.57 Å². The monoisotopic (exact) mass is 890 g/mol. The fourth-order valence-electron chi connectivity index (χ4n) is 10.7. The van der Waals surface area contributed by atoms with Crippen molar-refractivity contribution >= 4 is 60.4 Å². The van der Waals surface area contributed by atoms with Crippen molar-refractivity contribution in [2.45, 2.75) is 0 Å². The minimum Gasteiger partial charge on any atom is -0.311 e. The zero-order chi connectivity index (χ0) is 46.4. The van der Waals surface area contributed by atoms with Crippen LogP contribution < -0.4 is 4.90 Å². The van der Waals surface area contributed by atoms with E-state index >= 15 is 0 Å². The van der Waals surface area contributed by atoms with Crippen molar-refractivity contribution in [3.05, 3.63) is 279 Å². The maximum absolute atomic E-state index is 2.44. The van der Waals surface area contributed by atoms with Gasteiger partial charge in [-0.15, -0.1) is 0 Å². The molecule has 13 aromatic rings. The first-order valence-electron chi connectivity index (χ1n) is 24.1. The molecule has 0 bridgehead atoms. The first kappa shape index (κ1) is 41.0. The van der Waals surface area contributed by atoms with Crippen molar-refractivity contribution in [1.82, 2.24) is 4.57 Å². The molecule has 0 aliphatic heterocycles. The molecular weight excluding hydrogens is 845 g/mol. The first-order valence-corrected chi connectivity index (χ1v) is 24.1. The molecule has 0 amide bonds. The Labute approximate surface area is 408 Å². The molecule has 0 saturated carbocycles. The molecule has 0 atom stereocenters. The summed E-state index contributed by atoms with van der Waals surface area (Å²) in [6, 6.07) is 102. The van der Waals surface area contributed by atoms with Crippen LogP contribution in [0.5, 0.6) is 0 Å². The van der Waals surface area contributed by atoms with E-state index < -0.39 is 0 Å². The Kier molecular flexibility index (Phi) is 10.2. The van der Waals surface area contributed by atoms with Crippen molar-refractivity contribution < 1.29 is 0 Å². The second-order valence-corrected chi connectivity index (χ2v) is 18.1. The largest absolute Gasteiger partial charge is 0.311 e. The summed E-state index contributed by atoms with van der Waals surface area (Å²) in [5.41, 5.74) is 18.9. The van der Waals surface area contributed by atoms with Crippen LogP contribution in [0.4, 0.5) is 17.1 Å². The Morgan fingerprint density at radius 2 is 0.543 bits per heavy atom. The van der Waals surface area contributed by atoms with Gasteiger partial charge < -0.3 is 9.47 Å². The minimum atomic E-state index is 1.11. The molecule has 0 aliphatic carbocycles. The molecule has 1 aromatic heterocycles. The normalized spacial score (nSPS) is 11.4. The zero-order valence-corrected chi connectivity index (χ0v) is 38.5. The highest BCUT2D eigenvalue weighted by molar-refractivity contribution is 6.21. The van der Waals surface area contributed by atoms with E-state index in [-0.39, 0.29) is 0 Å². The first-order chi connectivity index (χ1) is 34.7. The van der Waals surface area contributed by atoms with Gasteiger partial charge in [0.05, 0.1) is 11.0 Å². The van der Waals surface area contributed by atoms with E-state index in [1.165, 1.54) is 99.0 Å². The molecule has 12 aromatic carbocycles. The standard InChI is InChI=1S/C68H46N2/c1-5-18-47(19-6-1)51-22-17-23-52(44-51)54-37-43-66-64(46-54)63-45-53(48-32-38-57(39-33-48)69(55-24-9-3-10-25-55)56-26-11-4-12-27-56)36-42-65(63)70(66)58-40-34-50(35-41-58)68-61-30-15-13-28-59(61)67(49-20-7-2-8-21-49)60-29-14-16-31-62(60)68/h1-46H. The predicted octanol–water partition coefficient (Wildman–Crippen LogP) is 18.9. The maximum Gasteiger partial charge on any atom is 0.0541 e. The molecule has 70 heavy (non-hydrogen) atoms. The summed E-state index contributed by atoms with van der Waals surface area (Å²) < 4.78 is 2.44. The Bertz CT molecular complexity index is 3910. The summed E-state index contributed by atoms with van der Waals surface area (Å²) >= 11 is 0.